The molecule has 2 saturated heterocycles. The van der Waals surface area contributed by atoms with E-state index >= 15 is 0 Å². The second kappa shape index (κ2) is 19.7. The minimum atomic E-state index is -3.21. The highest BCUT2D eigenvalue weighted by molar-refractivity contribution is 6.06. The van der Waals surface area contributed by atoms with Gasteiger partial charge in [-0.25, -0.2) is 9.97 Å². The molecule has 73 heavy (non-hydrogen) atoms. The molecular weight excluding hydrogens is 925 g/mol. The van der Waals surface area contributed by atoms with E-state index in [1.54, 1.807) is 38.2 Å². The van der Waals surface area contributed by atoms with Crippen molar-refractivity contribution in [3.63, 3.8) is 0 Å². The zero-order valence-electron chi connectivity index (χ0n) is 41.8. The number of rotatable bonds is 12. The van der Waals surface area contributed by atoms with Crippen molar-refractivity contribution in [3.8, 4) is 28.3 Å². The molecule has 0 radical (unpaired) electrons. The molecule has 0 aliphatic carbocycles. The van der Waals surface area contributed by atoms with E-state index in [0.29, 0.717) is 67.2 Å². The van der Waals surface area contributed by atoms with Crippen molar-refractivity contribution < 1.29 is 27.8 Å². The van der Waals surface area contributed by atoms with Crippen molar-refractivity contribution >= 4 is 45.3 Å². The maximum absolute atomic E-state index is 14.2. The number of pyridine rings is 2. The van der Waals surface area contributed by atoms with Crippen LogP contribution in [0.5, 0.6) is 0 Å². The minimum absolute atomic E-state index is 0.0696. The number of hydrogen-bond acceptors (Lipinski definition) is 9. The maximum Gasteiger partial charge on any atom is 0.286 e. The van der Waals surface area contributed by atoms with Crippen LogP contribution < -0.4 is 10.6 Å². The zero-order valence-corrected chi connectivity index (χ0v) is 41.8. The van der Waals surface area contributed by atoms with E-state index in [4.69, 9.17) is 19.4 Å². The monoisotopic (exact) mass is 981 g/mol. The number of nitriles is 1. The van der Waals surface area contributed by atoms with Crippen molar-refractivity contribution in [1.29, 1.82) is 5.26 Å². The molecule has 0 bridgehead atoms. The Morgan fingerprint density at radius 1 is 0.671 bits per heavy atom. The Morgan fingerprint density at radius 3 is 1.84 bits per heavy atom. The quantitative estimate of drug-likeness (QED) is 0.0925. The van der Waals surface area contributed by atoms with Gasteiger partial charge in [-0.1, -0.05) is 6.07 Å². The Hall–Kier alpha value is -7.67. The van der Waals surface area contributed by atoms with Crippen molar-refractivity contribution in [3.05, 3.63) is 153 Å². The summed E-state index contributed by atoms with van der Waals surface area (Å²) < 4.78 is 39.9. The number of H-pyrrole nitrogens is 2. The minimum Gasteiger partial charge on any atom is -0.381 e. The molecule has 2 fully saturated rings. The predicted molar refractivity (Wildman–Crippen MR) is 278 cm³/mol. The van der Waals surface area contributed by atoms with Gasteiger partial charge in [0.25, 0.3) is 17.7 Å². The molecule has 0 unspecified atom stereocenters. The van der Waals surface area contributed by atoms with Gasteiger partial charge in [-0.05, 0) is 184 Å². The van der Waals surface area contributed by atoms with E-state index in [1.807, 2.05) is 38.1 Å². The first-order chi connectivity index (χ1) is 35.0. The molecule has 2 amide bonds. The van der Waals surface area contributed by atoms with Crippen molar-refractivity contribution in [2.45, 2.75) is 96.8 Å². The van der Waals surface area contributed by atoms with Gasteiger partial charge in [-0.15, -0.1) is 0 Å². The van der Waals surface area contributed by atoms with Crippen LogP contribution in [0.1, 0.15) is 130 Å². The number of alkyl halides is 2. The van der Waals surface area contributed by atoms with Crippen molar-refractivity contribution in [2.75, 3.05) is 37.1 Å². The number of anilines is 2. The molecule has 372 valence electrons. The predicted octanol–water partition coefficient (Wildman–Crippen LogP) is 12.3. The number of nitrogens with zero attached hydrogens (tertiary/aromatic N) is 5. The van der Waals surface area contributed by atoms with Crippen LogP contribution in [0.3, 0.4) is 0 Å². The van der Waals surface area contributed by atoms with E-state index in [2.05, 4.69) is 67.8 Å². The van der Waals surface area contributed by atoms with Crippen LogP contribution in [0.25, 0.3) is 44.3 Å². The highest BCUT2D eigenvalue weighted by atomic mass is 19.3. The Kier molecular flexibility index (Phi) is 13.2. The molecule has 13 nitrogen and oxygen atoms in total. The molecule has 4 aromatic heterocycles. The molecule has 10 rings (SSSR count). The fraction of sp³-hybridized carbons (Fsp3) is 0.328. The van der Waals surface area contributed by atoms with Crippen LogP contribution in [0.2, 0.25) is 0 Å². The number of aromatic amines is 2. The Labute approximate surface area is 422 Å². The lowest BCUT2D eigenvalue weighted by Crippen LogP contribution is -2.19. The van der Waals surface area contributed by atoms with Crippen LogP contribution in [-0.4, -0.2) is 68.1 Å². The largest absolute Gasteiger partial charge is 0.381 e. The highest BCUT2D eigenvalue weighted by Crippen LogP contribution is 2.41. The van der Waals surface area contributed by atoms with E-state index < -0.39 is 22.9 Å². The summed E-state index contributed by atoms with van der Waals surface area (Å²) >= 11 is 0. The third kappa shape index (κ3) is 10.2. The van der Waals surface area contributed by atoms with Gasteiger partial charge < -0.3 is 30.1 Å². The zero-order chi connectivity index (χ0) is 51.2. The summed E-state index contributed by atoms with van der Waals surface area (Å²) in [5.41, 5.74) is 12.9. The Bertz CT molecular complexity index is 3480. The van der Waals surface area contributed by atoms with E-state index in [9.17, 15) is 23.6 Å². The van der Waals surface area contributed by atoms with E-state index in [1.165, 1.54) is 17.8 Å². The highest BCUT2D eigenvalue weighted by Gasteiger charge is 2.28. The lowest BCUT2D eigenvalue weighted by atomic mass is 9.87. The Morgan fingerprint density at radius 2 is 1.22 bits per heavy atom. The summed E-state index contributed by atoms with van der Waals surface area (Å²) in [7, 11) is 0. The molecule has 15 heteroatoms. The molecule has 4 aromatic carbocycles. The van der Waals surface area contributed by atoms with E-state index in [0.717, 1.165) is 111 Å². The molecule has 0 saturated carbocycles. The second-order valence-corrected chi connectivity index (χ2v) is 20.1. The fourth-order valence-corrected chi connectivity index (χ4v) is 10.2. The van der Waals surface area contributed by atoms with Gasteiger partial charge in [0, 0.05) is 85.8 Å². The number of carbonyl (C=O) groups excluding carboxylic acids is 2. The number of nitrogens with one attached hydrogen (secondary N) is 4. The van der Waals surface area contributed by atoms with E-state index in [-0.39, 0.29) is 17.4 Å². The summed E-state index contributed by atoms with van der Waals surface area (Å²) in [4.78, 5) is 53.4. The number of ether oxygens (including phenoxy) is 2. The van der Waals surface area contributed by atoms with Gasteiger partial charge in [0.1, 0.15) is 17.3 Å². The van der Waals surface area contributed by atoms with Crippen LogP contribution in [-0.2, 0) is 27.2 Å². The first-order valence-electron chi connectivity index (χ1n) is 24.8. The standard InChI is InChI=1S/C58H57F2N9O4/c1-32-7-8-42(66-55(70)38-10-16-63-51(27-38)58(6,59)60)29-44(32)46-22-40(35-11-17-72-18-12-35)25-49-54(46)69-52(68-49)28-39-21-43(67-56(71)37-9-15-62-50(26-37)57(4,5)31-61)30-45(33(39)2)47-23-41(36-13-19-73-20-14-36)24-48-53(47)65-34(3)64-48/h7-10,15-16,21-27,29-30,35-36H,11-14,17-20,28H2,1-6H3,(H,64,65)(H,66,70)(H,67,71)(H,68,69). The summed E-state index contributed by atoms with van der Waals surface area (Å²) in [6, 6.07) is 26.6. The second-order valence-electron chi connectivity index (χ2n) is 20.1. The van der Waals surface area contributed by atoms with Crippen LogP contribution in [0.15, 0.2) is 91.3 Å². The van der Waals surface area contributed by atoms with Gasteiger partial charge in [-0.3, -0.25) is 19.6 Å². The first-order valence-corrected chi connectivity index (χ1v) is 24.8. The van der Waals surface area contributed by atoms with Crippen molar-refractivity contribution in [1.82, 2.24) is 29.9 Å². The topological polar surface area (TPSA) is 184 Å². The molecule has 0 atom stereocenters. The first kappa shape index (κ1) is 48.9. The molecule has 2 aliphatic heterocycles. The SMILES string of the molecule is Cc1nc2cc(C3CCOCC3)cc(-c3cc(NC(=O)c4ccnc(C(C)(C)C#N)c4)cc(Cc4nc5cc(C6CCOCC6)cc(-c6cc(NC(=O)c7ccnc(C(C)(F)F)c7)ccc6C)c5[nH]4)c3C)c2[nH]1. The molecule has 6 heterocycles. The summed E-state index contributed by atoms with van der Waals surface area (Å²) in [5.74, 6) is -2.03. The number of hydrogen-bond donors (Lipinski definition) is 4. The number of imidazole rings is 2. The summed E-state index contributed by atoms with van der Waals surface area (Å²) in [6.45, 7) is 13.1. The molecule has 4 N–H and O–H groups in total. The lowest BCUT2D eigenvalue weighted by Gasteiger charge is -2.23. The number of fused-ring (bicyclic) bond motifs is 2. The number of aryl methyl sites for hydroxylation is 2. The third-order valence-corrected chi connectivity index (χ3v) is 14.4. The Balaban J connectivity index is 1.07. The van der Waals surface area contributed by atoms with Crippen LogP contribution >= 0.6 is 0 Å². The average Bonchev–Trinajstić information content (AvgIpc) is 3.99. The summed E-state index contributed by atoms with van der Waals surface area (Å²) in [6.07, 6.45) is 6.68. The number of amides is 2. The average molecular weight is 982 g/mol. The third-order valence-electron chi connectivity index (χ3n) is 14.4. The smallest absolute Gasteiger partial charge is 0.286 e. The number of aromatic nitrogens is 6. The number of carbonyl (C=O) groups is 2. The van der Waals surface area contributed by atoms with Gasteiger partial charge >= 0.3 is 0 Å². The lowest BCUT2D eigenvalue weighted by molar-refractivity contribution is 0.0127. The summed E-state index contributed by atoms with van der Waals surface area (Å²) in [5, 5.41) is 16.0. The molecular formula is C58H57F2N9O4. The van der Waals surface area contributed by atoms with Crippen LogP contribution in [0.4, 0.5) is 20.2 Å². The van der Waals surface area contributed by atoms with Gasteiger partial charge in [0.15, 0.2) is 0 Å². The number of benzene rings is 4. The van der Waals surface area contributed by atoms with Gasteiger partial charge in [-0.2, -0.15) is 14.0 Å². The maximum atomic E-state index is 14.2. The molecule has 8 aromatic rings. The molecule has 2 aliphatic rings. The van der Waals surface area contributed by atoms with Crippen LogP contribution in [0, 0.1) is 32.1 Å². The van der Waals surface area contributed by atoms with Gasteiger partial charge in [0.05, 0.1) is 39.2 Å². The van der Waals surface area contributed by atoms with Gasteiger partial charge in [0.2, 0.25) is 0 Å². The number of halogens is 2. The van der Waals surface area contributed by atoms with Crippen molar-refractivity contribution in [2.24, 2.45) is 0 Å². The fourth-order valence-electron chi connectivity index (χ4n) is 10.2. The molecule has 0 spiro atoms. The normalized spacial score (nSPS) is 14.9.